The summed E-state index contributed by atoms with van der Waals surface area (Å²) in [4.78, 5) is 4.70. The zero-order chi connectivity index (χ0) is 17.1. The van der Waals surface area contributed by atoms with Crippen molar-refractivity contribution in [1.29, 1.82) is 0 Å². The van der Waals surface area contributed by atoms with Crippen LogP contribution >= 0.6 is 0 Å². The molecule has 4 nitrogen and oxygen atoms in total. The van der Waals surface area contributed by atoms with Crippen LogP contribution in [0.1, 0.15) is 63.8 Å². The summed E-state index contributed by atoms with van der Waals surface area (Å²) in [6.45, 7) is 10.6. The second kappa shape index (κ2) is 7.47. The summed E-state index contributed by atoms with van der Waals surface area (Å²) in [5.41, 5.74) is 4.88. The lowest BCUT2D eigenvalue weighted by molar-refractivity contribution is 0.0667. The highest BCUT2D eigenvalue weighted by Crippen LogP contribution is 2.33. The second-order valence-corrected chi connectivity index (χ2v) is 7.53. The maximum atomic E-state index is 5.52. The molecule has 2 aromatic heterocycles. The van der Waals surface area contributed by atoms with Crippen LogP contribution in [0.25, 0.3) is 11.3 Å². The minimum atomic E-state index is 0.427. The summed E-state index contributed by atoms with van der Waals surface area (Å²) in [6.07, 6.45) is 7.15. The van der Waals surface area contributed by atoms with Crippen LogP contribution < -0.4 is 0 Å². The van der Waals surface area contributed by atoms with Crippen LogP contribution in [0.3, 0.4) is 0 Å². The normalized spacial score (nSPS) is 16.2. The largest absolute Gasteiger partial charge is 0.381 e. The van der Waals surface area contributed by atoms with Crippen molar-refractivity contribution in [2.24, 2.45) is 5.92 Å². The highest BCUT2D eigenvalue weighted by Gasteiger charge is 2.23. The van der Waals surface area contributed by atoms with Gasteiger partial charge in [0.25, 0.3) is 0 Å². The zero-order valence-electron chi connectivity index (χ0n) is 15.3. The second-order valence-electron chi connectivity index (χ2n) is 7.53. The summed E-state index contributed by atoms with van der Waals surface area (Å²) < 4.78 is 7.74. The molecule has 1 aliphatic heterocycles. The number of aromatic nitrogens is 3. The van der Waals surface area contributed by atoms with Gasteiger partial charge in [0.15, 0.2) is 0 Å². The number of rotatable bonds is 5. The molecule has 0 saturated carbocycles. The molecule has 0 aliphatic carbocycles. The first-order valence-corrected chi connectivity index (χ1v) is 9.16. The maximum Gasteiger partial charge on any atom is 0.0735 e. The molecule has 4 heteroatoms. The van der Waals surface area contributed by atoms with E-state index in [2.05, 4.69) is 44.5 Å². The Morgan fingerprint density at radius 1 is 1.12 bits per heavy atom. The predicted molar refractivity (Wildman–Crippen MR) is 97.2 cm³/mol. The molecular formula is C20H29N3O. The SMILES string of the molecule is CC(C)Cc1ccc(-c2c(C(C)C)cnn2C2CCOCC2)cn1. The Morgan fingerprint density at radius 2 is 1.88 bits per heavy atom. The molecule has 1 aliphatic rings. The van der Waals surface area contributed by atoms with Crippen molar-refractivity contribution in [1.82, 2.24) is 14.8 Å². The summed E-state index contributed by atoms with van der Waals surface area (Å²) >= 11 is 0. The highest BCUT2D eigenvalue weighted by atomic mass is 16.5. The lowest BCUT2D eigenvalue weighted by Gasteiger charge is -2.25. The van der Waals surface area contributed by atoms with E-state index in [9.17, 15) is 0 Å². The first kappa shape index (κ1) is 17.2. The average molecular weight is 327 g/mol. The third kappa shape index (κ3) is 3.69. The van der Waals surface area contributed by atoms with Crippen molar-refractivity contribution in [3.8, 4) is 11.3 Å². The first-order chi connectivity index (χ1) is 11.6. The van der Waals surface area contributed by atoms with Crippen LogP contribution in [0.2, 0.25) is 0 Å². The van der Waals surface area contributed by atoms with Gasteiger partial charge in [-0.25, -0.2) is 0 Å². The fraction of sp³-hybridized carbons (Fsp3) is 0.600. The van der Waals surface area contributed by atoms with E-state index in [1.54, 1.807) is 0 Å². The maximum absolute atomic E-state index is 5.52. The van der Waals surface area contributed by atoms with Crippen molar-refractivity contribution < 1.29 is 4.74 Å². The minimum absolute atomic E-state index is 0.427. The van der Waals surface area contributed by atoms with E-state index in [-0.39, 0.29) is 0 Å². The van der Waals surface area contributed by atoms with Gasteiger partial charge in [0.2, 0.25) is 0 Å². The summed E-state index contributed by atoms with van der Waals surface area (Å²) in [6, 6.07) is 4.81. The van der Waals surface area contributed by atoms with Crippen LogP contribution in [0.4, 0.5) is 0 Å². The average Bonchev–Trinajstić information content (AvgIpc) is 3.01. The van der Waals surface area contributed by atoms with Gasteiger partial charge in [-0.2, -0.15) is 5.10 Å². The molecule has 0 spiro atoms. The number of pyridine rings is 1. The van der Waals surface area contributed by atoms with E-state index in [1.807, 2.05) is 12.4 Å². The van der Waals surface area contributed by atoms with Gasteiger partial charge >= 0.3 is 0 Å². The fourth-order valence-electron chi connectivity index (χ4n) is 3.41. The molecule has 3 heterocycles. The molecule has 130 valence electrons. The monoisotopic (exact) mass is 327 g/mol. The zero-order valence-corrected chi connectivity index (χ0v) is 15.3. The van der Waals surface area contributed by atoms with Gasteiger partial charge < -0.3 is 4.74 Å². The Bertz CT molecular complexity index is 652. The van der Waals surface area contributed by atoms with Crippen molar-refractivity contribution in [3.05, 3.63) is 35.8 Å². The quantitative estimate of drug-likeness (QED) is 0.804. The van der Waals surface area contributed by atoms with Gasteiger partial charge in [0, 0.05) is 36.2 Å². The van der Waals surface area contributed by atoms with Gasteiger partial charge in [-0.05, 0) is 43.2 Å². The molecule has 0 atom stereocenters. The lowest BCUT2D eigenvalue weighted by Crippen LogP contribution is -2.21. The molecule has 0 radical (unpaired) electrons. The van der Waals surface area contributed by atoms with Crippen molar-refractivity contribution in [2.75, 3.05) is 13.2 Å². The van der Waals surface area contributed by atoms with Crippen LogP contribution in [0.5, 0.6) is 0 Å². The van der Waals surface area contributed by atoms with E-state index in [4.69, 9.17) is 14.8 Å². The molecule has 0 aromatic carbocycles. The molecule has 0 bridgehead atoms. The molecule has 0 N–H and O–H groups in total. The van der Waals surface area contributed by atoms with Crippen LogP contribution in [0.15, 0.2) is 24.5 Å². The Labute approximate surface area is 145 Å². The van der Waals surface area contributed by atoms with E-state index in [0.29, 0.717) is 17.9 Å². The number of hydrogen-bond acceptors (Lipinski definition) is 3. The Kier molecular flexibility index (Phi) is 5.34. The van der Waals surface area contributed by atoms with Crippen LogP contribution in [-0.2, 0) is 11.2 Å². The topological polar surface area (TPSA) is 39.9 Å². The number of ether oxygens (including phenoxy) is 1. The van der Waals surface area contributed by atoms with Gasteiger partial charge in [-0.1, -0.05) is 27.7 Å². The van der Waals surface area contributed by atoms with Crippen LogP contribution in [0, 0.1) is 5.92 Å². The molecule has 0 amide bonds. The number of nitrogens with zero attached hydrogens (tertiary/aromatic N) is 3. The Morgan fingerprint density at radius 3 is 2.46 bits per heavy atom. The molecule has 1 fully saturated rings. The molecule has 2 aromatic rings. The first-order valence-electron chi connectivity index (χ1n) is 9.16. The van der Waals surface area contributed by atoms with Crippen molar-refractivity contribution >= 4 is 0 Å². The summed E-state index contributed by atoms with van der Waals surface area (Å²) in [5.74, 6) is 1.08. The van der Waals surface area contributed by atoms with E-state index < -0.39 is 0 Å². The predicted octanol–water partition coefficient (Wildman–Crippen LogP) is 4.62. The highest BCUT2D eigenvalue weighted by molar-refractivity contribution is 5.63. The van der Waals surface area contributed by atoms with Gasteiger partial charge in [-0.3, -0.25) is 9.67 Å². The Hall–Kier alpha value is -1.68. The van der Waals surface area contributed by atoms with E-state index in [1.165, 1.54) is 16.8 Å². The third-order valence-electron chi connectivity index (χ3n) is 4.70. The van der Waals surface area contributed by atoms with Crippen molar-refractivity contribution in [3.63, 3.8) is 0 Å². The minimum Gasteiger partial charge on any atom is -0.381 e. The van der Waals surface area contributed by atoms with Gasteiger partial charge in [0.1, 0.15) is 0 Å². The molecule has 24 heavy (non-hydrogen) atoms. The Balaban J connectivity index is 1.96. The van der Waals surface area contributed by atoms with E-state index >= 15 is 0 Å². The third-order valence-corrected chi connectivity index (χ3v) is 4.70. The molecule has 3 rings (SSSR count). The molecule has 0 unspecified atom stereocenters. The van der Waals surface area contributed by atoms with Crippen LogP contribution in [-0.4, -0.2) is 28.0 Å². The molecule has 1 saturated heterocycles. The van der Waals surface area contributed by atoms with Gasteiger partial charge in [-0.15, -0.1) is 0 Å². The summed E-state index contributed by atoms with van der Waals surface area (Å²) in [5, 5.41) is 4.74. The number of hydrogen-bond donors (Lipinski definition) is 0. The molecular weight excluding hydrogens is 298 g/mol. The fourth-order valence-corrected chi connectivity index (χ4v) is 3.41. The van der Waals surface area contributed by atoms with Crippen molar-refractivity contribution in [2.45, 2.75) is 58.9 Å². The van der Waals surface area contributed by atoms with E-state index in [0.717, 1.165) is 38.2 Å². The standard InChI is InChI=1S/C20H29N3O/c1-14(2)11-17-6-5-16(12-21-17)20-19(15(3)4)13-22-23(20)18-7-9-24-10-8-18/h5-6,12-15,18H,7-11H2,1-4H3. The summed E-state index contributed by atoms with van der Waals surface area (Å²) in [7, 11) is 0. The lowest BCUT2D eigenvalue weighted by atomic mass is 9.98. The smallest absolute Gasteiger partial charge is 0.0735 e. The van der Waals surface area contributed by atoms with Gasteiger partial charge in [0.05, 0.1) is 17.9 Å².